The maximum Gasteiger partial charge on any atom is 0.314 e. The van der Waals surface area contributed by atoms with E-state index >= 15 is 0 Å². The van der Waals surface area contributed by atoms with Crippen molar-refractivity contribution in [2.45, 2.75) is 20.8 Å². The molecular weight excluding hydrogens is 278 g/mol. The third-order valence-corrected chi connectivity index (χ3v) is 3.52. The van der Waals surface area contributed by atoms with Gasteiger partial charge in [-0.25, -0.2) is 0 Å². The summed E-state index contributed by atoms with van der Waals surface area (Å²) >= 11 is 0. The van der Waals surface area contributed by atoms with E-state index in [9.17, 15) is 9.59 Å². The molecule has 0 saturated heterocycles. The van der Waals surface area contributed by atoms with E-state index in [1.165, 1.54) is 0 Å². The molecule has 5 nitrogen and oxygen atoms in total. The third kappa shape index (κ3) is 3.44. The number of rotatable bonds is 2. The summed E-state index contributed by atoms with van der Waals surface area (Å²) in [6, 6.07) is 10.8. The molecule has 0 aliphatic heterocycles. The summed E-state index contributed by atoms with van der Waals surface area (Å²) in [6.07, 6.45) is 0. The van der Waals surface area contributed by atoms with Crippen LogP contribution in [0.2, 0.25) is 0 Å². The van der Waals surface area contributed by atoms with Crippen LogP contribution in [-0.4, -0.2) is 11.8 Å². The number of carbonyl (C=O) groups is 2. The Labute approximate surface area is 129 Å². The maximum atomic E-state index is 12.0. The summed E-state index contributed by atoms with van der Waals surface area (Å²) in [5.74, 6) is -1.48. The van der Waals surface area contributed by atoms with Gasteiger partial charge in [0.15, 0.2) is 0 Å². The Kier molecular flexibility index (Phi) is 4.46. The lowest BCUT2D eigenvalue weighted by atomic mass is 10.1. The molecule has 0 radical (unpaired) electrons. The fraction of sp³-hybridized carbons (Fsp3) is 0.176. The van der Waals surface area contributed by atoms with Gasteiger partial charge in [-0.15, -0.1) is 0 Å². The average molecular weight is 297 g/mol. The van der Waals surface area contributed by atoms with Crippen molar-refractivity contribution in [3.05, 3.63) is 53.1 Å². The fourth-order valence-electron chi connectivity index (χ4n) is 2.02. The molecule has 0 unspecified atom stereocenters. The zero-order chi connectivity index (χ0) is 16.3. The van der Waals surface area contributed by atoms with Gasteiger partial charge in [0.2, 0.25) is 0 Å². The van der Waals surface area contributed by atoms with E-state index in [1.807, 2.05) is 39.0 Å². The molecule has 4 N–H and O–H groups in total. The summed E-state index contributed by atoms with van der Waals surface area (Å²) in [7, 11) is 0. The molecule has 2 amide bonds. The monoisotopic (exact) mass is 297 g/mol. The second-order valence-electron chi connectivity index (χ2n) is 5.25. The molecule has 114 valence electrons. The highest BCUT2D eigenvalue weighted by molar-refractivity contribution is 6.44. The summed E-state index contributed by atoms with van der Waals surface area (Å²) in [5, 5.41) is 5.14. The van der Waals surface area contributed by atoms with E-state index in [0.717, 1.165) is 16.7 Å². The largest absolute Gasteiger partial charge is 0.397 e. The number of hydrogen-bond donors (Lipinski definition) is 3. The molecule has 0 aliphatic rings. The van der Waals surface area contributed by atoms with E-state index in [0.29, 0.717) is 17.1 Å². The van der Waals surface area contributed by atoms with Gasteiger partial charge in [-0.3, -0.25) is 9.59 Å². The molecule has 0 aromatic heterocycles. The Hall–Kier alpha value is -2.82. The minimum absolute atomic E-state index is 0.415. The van der Waals surface area contributed by atoms with Crippen molar-refractivity contribution in [2.75, 3.05) is 16.4 Å². The van der Waals surface area contributed by atoms with Crippen LogP contribution < -0.4 is 16.4 Å². The predicted molar refractivity (Wildman–Crippen MR) is 88.8 cm³/mol. The number of nitrogens with one attached hydrogen (secondary N) is 2. The number of amides is 2. The lowest BCUT2D eigenvalue weighted by Gasteiger charge is -2.11. The van der Waals surface area contributed by atoms with Crippen molar-refractivity contribution in [1.29, 1.82) is 0 Å². The van der Waals surface area contributed by atoms with E-state index < -0.39 is 11.8 Å². The van der Waals surface area contributed by atoms with Crippen LogP contribution in [0.3, 0.4) is 0 Å². The third-order valence-electron chi connectivity index (χ3n) is 3.52. The quantitative estimate of drug-likeness (QED) is 0.588. The van der Waals surface area contributed by atoms with Crippen molar-refractivity contribution in [3.8, 4) is 0 Å². The van der Waals surface area contributed by atoms with Gasteiger partial charge in [0, 0.05) is 5.69 Å². The van der Waals surface area contributed by atoms with Gasteiger partial charge in [0.25, 0.3) is 0 Å². The highest BCUT2D eigenvalue weighted by atomic mass is 16.2. The Bertz CT molecular complexity index is 725. The zero-order valence-electron chi connectivity index (χ0n) is 12.9. The highest BCUT2D eigenvalue weighted by Gasteiger charge is 2.16. The predicted octanol–water partition coefficient (Wildman–Crippen LogP) is 2.77. The van der Waals surface area contributed by atoms with Crippen LogP contribution in [0.25, 0.3) is 0 Å². The molecule has 0 spiro atoms. The molecule has 2 rings (SSSR count). The van der Waals surface area contributed by atoms with Crippen LogP contribution in [0, 0.1) is 20.8 Å². The number of benzene rings is 2. The zero-order valence-corrected chi connectivity index (χ0v) is 12.9. The number of anilines is 3. The molecule has 0 aliphatic carbocycles. The smallest absolute Gasteiger partial charge is 0.314 e. The van der Waals surface area contributed by atoms with Crippen molar-refractivity contribution in [2.24, 2.45) is 0 Å². The standard InChI is InChI=1S/C17H19N3O2/c1-10-7-8-13(18)15(9-10)20-17(22)16(21)19-14-6-4-5-11(2)12(14)3/h4-9H,18H2,1-3H3,(H,19,21)(H,20,22). The molecule has 0 atom stereocenters. The van der Waals surface area contributed by atoms with Gasteiger partial charge in [-0.2, -0.15) is 0 Å². The van der Waals surface area contributed by atoms with Crippen LogP contribution in [-0.2, 0) is 9.59 Å². The number of nitrogens with two attached hydrogens (primary N) is 1. The Morgan fingerprint density at radius 1 is 0.909 bits per heavy atom. The maximum absolute atomic E-state index is 12.0. The van der Waals surface area contributed by atoms with Gasteiger partial charge in [-0.1, -0.05) is 18.2 Å². The average Bonchev–Trinajstić information content (AvgIpc) is 2.47. The van der Waals surface area contributed by atoms with Crippen LogP contribution in [0.1, 0.15) is 16.7 Å². The van der Waals surface area contributed by atoms with Gasteiger partial charge < -0.3 is 16.4 Å². The first kappa shape index (κ1) is 15.6. The molecular formula is C17H19N3O2. The van der Waals surface area contributed by atoms with Crippen LogP contribution in [0.15, 0.2) is 36.4 Å². The van der Waals surface area contributed by atoms with Gasteiger partial charge in [0.05, 0.1) is 11.4 Å². The molecule has 0 fully saturated rings. The number of nitrogen functional groups attached to an aromatic ring is 1. The van der Waals surface area contributed by atoms with Gasteiger partial charge in [-0.05, 0) is 55.7 Å². The second-order valence-corrected chi connectivity index (χ2v) is 5.25. The minimum atomic E-state index is -0.752. The van der Waals surface area contributed by atoms with Crippen LogP contribution in [0.4, 0.5) is 17.1 Å². The summed E-state index contributed by atoms with van der Waals surface area (Å²) in [5.41, 5.74) is 10.2. The van der Waals surface area contributed by atoms with Gasteiger partial charge in [0.1, 0.15) is 0 Å². The summed E-state index contributed by atoms with van der Waals surface area (Å²) < 4.78 is 0. The lowest BCUT2D eigenvalue weighted by Crippen LogP contribution is -2.29. The lowest BCUT2D eigenvalue weighted by molar-refractivity contribution is -0.132. The van der Waals surface area contributed by atoms with Crippen molar-refractivity contribution < 1.29 is 9.59 Å². The minimum Gasteiger partial charge on any atom is -0.397 e. The molecule has 0 heterocycles. The van der Waals surface area contributed by atoms with E-state index in [-0.39, 0.29) is 0 Å². The number of aryl methyl sites for hydroxylation is 2. The second kappa shape index (κ2) is 6.30. The molecule has 0 saturated carbocycles. The molecule has 22 heavy (non-hydrogen) atoms. The SMILES string of the molecule is Cc1ccc(N)c(NC(=O)C(=O)Nc2cccc(C)c2C)c1. The van der Waals surface area contributed by atoms with E-state index in [2.05, 4.69) is 10.6 Å². The normalized spacial score (nSPS) is 10.1. The first-order valence-corrected chi connectivity index (χ1v) is 6.93. The van der Waals surface area contributed by atoms with Crippen molar-refractivity contribution in [1.82, 2.24) is 0 Å². The number of carbonyl (C=O) groups excluding carboxylic acids is 2. The number of hydrogen-bond acceptors (Lipinski definition) is 3. The highest BCUT2D eigenvalue weighted by Crippen LogP contribution is 2.20. The Morgan fingerprint density at radius 2 is 1.55 bits per heavy atom. The Balaban J connectivity index is 2.11. The van der Waals surface area contributed by atoms with E-state index in [4.69, 9.17) is 5.73 Å². The van der Waals surface area contributed by atoms with Crippen LogP contribution in [0.5, 0.6) is 0 Å². The van der Waals surface area contributed by atoms with Crippen molar-refractivity contribution in [3.63, 3.8) is 0 Å². The molecule has 2 aromatic carbocycles. The summed E-state index contributed by atoms with van der Waals surface area (Å²) in [4.78, 5) is 24.0. The molecule has 2 aromatic rings. The topological polar surface area (TPSA) is 84.2 Å². The Morgan fingerprint density at radius 3 is 2.23 bits per heavy atom. The van der Waals surface area contributed by atoms with Crippen LogP contribution >= 0.6 is 0 Å². The van der Waals surface area contributed by atoms with Gasteiger partial charge >= 0.3 is 11.8 Å². The molecule has 5 heteroatoms. The first-order chi connectivity index (χ1) is 10.4. The summed E-state index contributed by atoms with van der Waals surface area (Å²) in [6.45, 7) is 5.71. The first-order valence-electron chi connectivity index (χ1n) is 6.93. The van der Waals surface area contributed by atoms with Crippen molar-refractivity contribution >= 4 is 28.9 Å². The fourth-order valence-corrected chi connectivity index (χ4v) is 2.02. The molecule has 0 bridgehead atoms. The van der Waals surface area contributed by atoms with E-state index in [1.54, 1.807) is 18.2 Å².